The molecule has 108 valence electrons. The fourth-order valence-electron chi connectivity index (χ4n) is 1.77. The Balaban J connectivity index is 2.06. The largest absolute Gasteiger partial charge is 0.489 e. The average Bonchev–Trinajstić information content (AvgIpc) is 2.46. The number of benzene rings is 2. The van der Waals surface area contributed by atoms with Crippen LogP contribution in [-0.4, -0.2) is 23.1 Å². The SMILES string of the molecule is O=C(NCc1ccc(Cl)cc1)c1ccc(Cl)c(B(O)O)c1. The van der Waals surface area contributed by atoms with Crippen LogP contribution in [0.15, 0.2) is 42.5 Å². The van der Waals surface area contributed by atoms with Crippen molar-refractivity contribution in [2.45, 2.75) is 6.54 Å². The lowest BCUT2D eigenvalue weighted by Gasteiger charge is -2.08. The van der Waals surface area contributed by atoms with Gasteiger partial charge in [-0.2, -0.15) is 0 Å². The third kappa shape index (κ3) is 4.22. The summed E-state index contributed by atoms with van der Waals surface area (Å²) in [5, 5.41) is 21.9. The number of nitrogens with one attached hydrogen (secondary N) is 1. The van der Waals surface area contributed by atoms with Crippen LogP contribution in [0.25, 0.3) is 0 Å². The minimum Gasteiger partial charge on any atom is -0.423 e. The molecular formula is C14H12BCl2NO3. The summed E-state index contributed by atoms with van der Waals surface area (Å²) in [6, 6.07) is 11.4. The molecule has 0 aliphatic carbocycles. The van der Waals surface area contributed by atoms with E-state index in [1.54, 1.807) is 12.1 Å². The van der Waals surface area contributed by atoms with Gasteiger partial charge in [-0.1, -0.05) is 35.3 Å². The zero-order valence-electron chi connectivity index (χ0n) is 10.9. The molecule has 3 N–H and O–H groups in total. The molecule has 0 atom stereocenters. The van der Waals surface area contributed by atoms with Crippen molar-refractivity contribution in [2.24, 2.45) is 0 Å². The van der Waals surface area contributed by atoms with E-state index in [0.29, 0.717) is 17.1 Å². The highest BCUT2D eigenvalue weighted by Crippen LogP contribution is 2.11. The third-order valence-corrected chi connectivity index (χ3v) is 3.50. The van der Waals surface area contributed by atoms with Gasteiger partial charge in [-0.25, -0.2) is 0 Å². The van der Waals surface area contributed by atoms with Crippen LogP contribution in [0.5, 0.6) is 0 Å². The van der Waals surface area contributed by atoms with Crippen molar-refractivity contribution in [3.63, 3.8) is 0 Å². The Bertz CT molecular complexity index is 647. The summed E-state index contributed by atoms with van der Waals surface area (Å²) in [5.74, 6) is -0.330. The summed E-state index contributed by atoms with van der Waals surface area (Å²) in [6.45, 7) is 0.343. The van der Waals surface area contributed by atoms with Crippen molar-refractivity contribution >= 4 is 41.7 Å². The molecule has 1 amide bonds. The van der Waals surface area contributed by atoms with Gasteiger partial charge in [0.15, 0.2) is 0 Å². The standard InChI is InChI=1S/C14H12BCl2NO3/c16-11-4-1-9(2-5-11)8-18-14(19)10-3-6-13(17)12(7-10)15(20)21/h1-7,20-21H,8H2,(H,18,19). The Morgan fingerprint density at radius 3 is 2.38 bits per heavy atom. The minimum atomic E-state index is -1.72. The molecule has 0 aliphatic rings. The number of halogens is 2. The third-order valence-electron chi connectivity index (χ3n) is 2.90. The first kappa shape index (κ1) is 15.9. The molecular weight excluding hydrogens is 312 g/mol. The fourth-order valence-corrected chi connectivity index (χ4v) is 2.11. The Labute approximate surface area is 132 Å². The lowest BCUT2D eigenvalue weighted by molar-refractivity contribution is 0.0951. The quantitative estimate of drug-likeness (QED) is 0.749. The number of carbonyl (C=O) groups excluding carboxylic acids is 1. The Kier molecular flexibility index (Phi) is 5.25. The van der Waals surface area contributed by atoms with E-state index < -0.39 is 7.12 Å². The molecule has 2 aromatic carbocycles. The highest BCUT2D eigenvalue weighted by atomic mass is 35.5. The highest BCUT2D eigenvalue weighted by molar-refractivity contribution is 6.62. The molecule has 0 spiro atoms. The van der Waals surface area contributed by atoms with Gasteiger partial charge >= 0.3 is 7.12 Å². The molecule has 0 aliphatic heterocycles. The maximum Gasteiger partial charge on any atom is 0.489 e. The summed E-state index contributed by atoms with van der Waals surface area (Å²) in [4.78, 5) is 12.0. The smallest absolute Gasteiger partial charge is 0.423 e. The maximum atomic E-state index is 12.0. The molecule has 0 heterocycles. The highest BCUT2D eigenvalue weighted by Gasteiger charge is 2.17. The lowest BCUT2D eigenvalue weighted by Crippen LogP contribution is -2.32. The second-order valence-electron chi connectivity index (χ2n) is 4.42. The van der Waals surface area contributed by atoms with Gasteiger partial charge in [0.05, 0.1) is 0 Å². The zero-order chi connectivity index (χ0) is 15.4. The summed E-state index contributed by atoms with van der Waals surface area (Å²) in [7, 11) is -1.72. The van der Waals surface area contributed by atoms with Crippen molar-refractivity contribution in [2.75, 3.05) is 0 Å². The van der Waals surface area contributed by atoms with Crippen molar-refractivity contribution in [3.05, 3.63) is 63.6 Å². The fraction of sp³-hybridized carbons (Fsp3) is 0.0714. The monoisotopic (exact) mass is 323 g/mol. The van der Waals surface area contributed by atoms with Crippen LogP contribution >= 0.6 is 23.2 Å². The van der Waals surface area contributed by atoms with Crippen LogP contribution in [0.3, 0.4) is 0 Å². The topological polar surface area (TPSA) is 69.6 Å². The predicted octanol–water partition coefficient (Wildman–Crippen LogP) is 1.60. The predicted molar refractivity (Wildman–Crippen MR) is 83.9 cm³/mol. The summed E-state index contributed by atoms with van der Waals surface area (Å²) < 4.78 is 0. The molecule has 2 rings (SSSR count). The first-order valence-electron chi connectivity index (χ1n) is 6.15. The van der Waals surface area contributed by atoms with Crippen molar-refractivity contribution < 1.29 is 14.8 Å². The number of carbonyl (C=O) groups is 1. The van der Waals surface area contributed by atoms with Crippen molar-refractivity contribution in [1.82, 2.24) is 5.32 Å². The number of rotatable bonds is 4. The van der Waals surface area contributed by atoms with Crippen LogP contribution in [0.2, 0.25) is 10.0 Å². The maximum absolute atomic E-state index is 12.0. The molecule has 0 bridgehead atoms. The Morgan fingerprint density at radius 1 is 1.10 bits per heavy atom. The molecule has 21 heavy (non-hydrogen) atoms. The normalized spacial score (nSPS) is 10.3. The summed E-state index contributed by atoms with van der Waals surface area (Å²) in [6.07, 6.45) is 0. The van der Waals surface area contributed by atoms with E-state index in [2.05, 4.69) is 5.32 Å². The van der Waals surface area contributed by atoms with Crippen LogP contribution in [-0.2, 0) is 6.54 Å². The first-order chi connectivity index (χ1) is 9.97. The van der Waals surface area contributed by atoms with Gasteiger partial charge in [0.1, 0.15) is 0 Å². The van der Waals surface area contributed by atoms with E-state index in [9.17, 15) is 14.8 Å². The van der Waals surface area contributed by atoms with E-state index in [1.807, 2.05) is 12.1 Å². The number of hydrogen-bond donors (Lipinski definition) is 3. The Hall–Kier alpha value is -1.53. The van der Waals surface area contributed by atoms with E-state index >= 15 is 0 Å². The van der Waals surface area contributed by atoms with Crippen molar-refractivity contribution in [3.8, 4) is 0 Å². The molecule has 0 unspecified atom stereocenters. The molecule has 4 nitrogen and oxygen atoms in total. The number of hydrogen-bond acceptors (Lipinski definition) is 3. The second kappa shape index (κ2) is 6.96. The lowest BCUT2D eigenvalue weighted by atomic mass is 9.79. The van der Waals surface area contributed by atoms with Crippen LogP contribution in [0, 0.1) is 0 Å². The van der Waals surface area contributed by atoms with Crippen molar-refractivity contribution in [1.29, 1.82) is 0 Å². The van der Waals surface area contributed by atoms with Gasteiger partial charge in [0.2, 0.25) is 0 Å². The van der Waals surface area contributed by atoms with Crippen LogP contribution in [0.1, 0.15) is 15.9 Å². The second-order valence-corrected chi connectivity index (χ2v) is 5.26. The molecule has 0 saturated heterocycles. The van der Waals surface area contributed by atoms with Gasteiger partial charge in [0.25, 0.3) is 5.91 Å². The van der Waals surface area contributed by atoms with E-state index in [-0.39, 0.29) is 16.4 Å². The van der Waals surface area contributed by atoms with Gasteiger partial charge in [-0.3, -0.25) is 4.79 Å². The molecule has 7 heteroatoms. The van der Waals surface area contributed by atoms with E-state index in [0.717, 1.165) is 5.56 Å². The van der Waals surface area contributed by atoms with Crippen LogP contribution < -0.4 is 10.8 Å². The van der Waals surface area contributed by atoms with E-state index in [4.69, 9.17) is 23.2 Å². The number of amides is 1. The molecule has 0 radical (unpaired) electrons. The van der Waals surface area contributed by atoms with Gasteiger partial charge in [-0.15, -0.1) is 0 Å². The Morgan fingerprint density at radius 2 is 1.76 bits per heavy atom. The van der Waals surface area contributed by atoms with Crippen LogP contribution in [0.4, 0.5) is 0 Å². The van der Waals surface area contributed by atoms with E-state index in [1.165, 1.54) is 18.2 Å². The minimum absolute atomic E-state index is 0.0933. The van der Waals surface area contributed by atoms with Gasteiger partial charge in [-0.05, 0) is 35.9 Å². The summed E-state index contributed by atoms with van der Waals surface area (Å²) in [5.41, 5.74) is 1.30. The summed E-state index contributed by atoms with van der Waals surface area (Å²) >= 11 is 11.6. The zero-order valence-corrected chi connectivity index (χ0v) is 12.4. The molecule has 0 saturated carbocycles. The first-order valence-corrected chi connectivity index (χ1v) is 6.91. The van der Waals surface area contributed by atoms with Gasteiger partial charge in [0, 0.05) is 27.6 Å². The molecule has 0 aromatic heterocycles. The molecule has 2 aromatic rings. The average molecular weight is 324 g/mol. The molecule has 0 fully saturated rings. The van der Waals surface area contributed by atoms with Gasteiger partial charge < -0.3 is 15.4 Å².